The summed E-state index contributed by atoms with van der Waals surface area (Å²) in [7, 11) is 0. The van der Waals surface area contributed by atoms with Crippen LogP contribution in [0, 0.1) is 6.92 Å². The van der Waals surface area contributed by atoms with Crippen molar-refractivity contribution in [1.29, 1.82) is 0 Å². The van der Waals surface area contributed by atoms with E-state index in [0.29, 0.717) is 11.1 Å². The maximum Gasteiger partial charge on any atom is 0.449 e. The van der Waals surface area contributed by atoms with E-state index >= 15 is 0 Å². The summed E-state index contributed by atoms with van der Waals surface area (Å²) in [6, 6.07) is 10.9. The van der Waals surface area contributed by atoms with Crippen LogP contribution in [0.15, 0.2) is 42.5 Å². The van der Waals surface area contributed by atoms with Gasteiger partial charge in [0.15, 0.2) is 0 Å². The molecule has 0 saturated carbocycles. The van der Waals surface area contributed by atoms with Gasteiger partial charge in [0.1, 0.15) is 0 Å². The average molecular weight is 349 g/mol. The summed E-state index contributed by atoms with van der Waals surface area (Å²) in [4.78, 5) is 15.0. The molecule has 3 rings (SSSR count). The predicted octanol–water partition coefficient (Wildman–Crippen LogP) is 3.53. The van der Waals surface area contributed by atoms with Crippen molar-refractivity contribution in [1.82, 2.24) is 15.0 Å². The minimum absolute atomic E-state index is 0.0462. The van der Waals surface area contributed by atoms with Crippen LogP contribution < -0.4 is 5.48 Å². The van der Waals surface area contributed by atoms with Crippen molar-refractivity contribution >= 4 is 16.9 Å². The lowest BCUT2D eigenvalue weighted by atomic mass is 10.1. The van der Waals surface area contributed by atoms with Gasteiger partial charge in [0.2, 0.25) is 5.82 Å². The molecule has 8 heteroatoms. The molecular weight excluding hydrogens is 335 g/mol. The molecular formula is C17H14F3N3O2. The second-order valence-corrected chi connectivity index (χ2v) is 5.65. The first-order chi connectivity index (χ1) is 11.8. The zero-order valence-corrected chi connectivity index (χ0v) is 13.1. The number of hydrogen-bond donors (Lipinski definition) is 2. The number of halogens is 3. The highest BCUT2D eigenvalue weighted by molar-refractivity contribution is 5.93. The zero-order valence-electron chi connectivity index (χ0n) is 13.1. The summed E-state index contributed by atoms with van der Waals surface area (Å²) in [6.07, 6.45) is -4.58. The maximum absolute atomic E-state index is 13.3. The van der Waals surface area contributed by atoms with Crippen LogP contribution >= 0.6 is 0 Å². The molecule has 0 atom stereocenters. The van der Waals surface area contributed by atoms with Crippen LogP contribution in [0.25, 0.3) is 11.0 Å². The highest BCUT2D eigenvalue weighted by Crippen LogP contribution is 2.32. The number of benzene rings is 2. The lowest BCUT2D eigenvalue weighted by Crippen LogP contribution is -2.18. The standard InChI is InChI=1S/C17H14F3N3O2/c1-10-2-7-14-13(8-10)21-16(17(18,19)20)23(14)9-11-3-5-12(6-4-11)15(24)22-25/h2-8,25H,9H2,1H3,(H,22,24). The first kappa shape index (κ1) is 17.0. The van der Waals surface area contributed by atoms with Crippen LogP contribution in [0.4, 0.5) is 13.2 Å². The average Bonchev–Trinajstić information content (AvgIpc) is 2.92. The van der Waals surface area contributed by atoms with Gasteiger partial charge < -0.3 is 4.57 Å². The number of imidazole rings is 1. The molecule has 0 radical (unpaired) electrons. The Morgan fingerprint density at radius 2 is 1.88 bits per heavy atom. The van der Waals surface area contributed by atoms with Gasteiger partial charge in [-0.3, -0.25) is 10.0 Å². The van der Waals surface area contributed by atoms with Crippen LogP contribution in [-0.4, -0.2) is 20.7 Å². The van der Waals surface area contributed by atoms with E-state index in [1.54, 1.807) is 25.1 Å². The minimum Gasteiger partial charge on any atom is -0.316 e. The molecule has 0 spiro atoms. The second kappa shape index (κ2) is 6.21. The highest BCUT2D eigenvalue weighted by Gasteiger charge is 2.37. The fourth-order valence-electron chi connectivity index (χ4n) is 2.62. The number of hydroxylamine groups is 1. The van der Waals surface area contributed by atoms with Crippen LogP contribution in [-0.2, 0) is 12.7 Å². The summed E-state index contributed by atoms with van der Waals surface area (Å²) >= 11 is 0. The van der Waals surface area contributed by atoms with Crippen molar-refractivity contribution < 1.29 is 23.2 Å². The van der Waals surface area contributed by atoms with Gasteiger partial charge in [-0.1, -0.05) is 18.2 Å². The Hall–Kier alpha value is -2.87. The molecule has 0 fully saturated rings. The molecule has 2 aromatic carbocycles. The van der Waals surface area contributed by atoms with Crippen molar-refractivity contribution in [2.75, 3.05) is 0 Å². The number of carbonyl (C=O) groups is 1. The van der Waals surface area contributed by atoms with Gasteiger partial charge in [-0.15, -0.1) is 0 Å². The minimum atomic E-state index is -4.58. The number of amides is 1. The van der Waals surface area contributed by atoms with Crippen molar-refractivity contribution in [2.45, 2.75) is 19.6 Å². The molecule has 1 heterocycles. The number of alkyl halides is 3. The van der Waals surface area contributed by atoms with Crippen LogP contribution in [0.1, 0.15) is 27.3 Å². The first-order valence-corrected chi connectivity index (χ1v) is 7.37. The predicted molar refractivity (Wildman–Crippen MR) is 84.3 cm³/mol. The highest BCUT2D eigenvalue weighted by atomic mass is 19.4. The van der Waals surface area contributed by atoms with Crippen molar-refractivity contribution in [2.24, 2.45) is 0 Å². The van der Waals surface area contributed by atoms with Crippen molar-refractivity contribution in [3.63, 3.8) is 0 Å². The Bertz CT molecular complexity index is 931. The summed E-state index contributed by atoms with van der Waals surface area (Å²) in [6.45, 7) is 1.74. The number of nitrogens with one attached hydrogen (secondary N) is 1. The fraction of sp³-hybridized carbons (Fsp3) is 0.176. The van der Waals surface area contributed by atoms with E-state index in [1.807, 2.05) is 0 Å². The quantitative estimate of drug-likeness (QED) is 0.561. The van der Waals surface area contributed by atoms with E-state index in [0.717, 1.165) is 10.1 Å². The molecule has 0 unspecified atom stereocenters. The van der Waals surface area contributed by atoms with Gasteiger partial charge in [-0.25, -0.2) is 10.5 Å². The van der Waals surface area contributed by atoms with Gasteiger partial charge >= 0.3 is 6.18 Å². The lowest BCUT2D eigenvalue weighted by Gasteiger charge is -2.12. The van der Waals surface area contributed by atoms with Crippen molar-refractivity contribution in [3.8, 4) is 0 Å². The number of aryl methyl sites for hydroxylation is 1. The van der Waals surface area contributed by atoms with E-state index in [4.69, 9.17) is 5.21 Å². The maximum atomic E-state index is 13.3. The monoisotopic (exact) mass is 349 g/mol. The third-order valence-corrected chi connectivity index (χ3v) is 3.82. The third-order valence-electron chi connectivity index (χ3n) is 3.82. The number of nitrogens with zero attached hydrogens (tertiary/aromatic N) is 2. The normalized spacial score (nSPS) is 11.7. The fourth-order valence-corrected chi connectivity index (χ4v) is 2.62. The summed E-state index contributed by atoms with van der Waals surface area (Å²) in [5, 5.41) is 8.59. The number of fused-ring (bicyclic) bond motifs is 1. The molecule has 130 valence electrons. The molecule has 0 aliphatic heterocycles. The molecule has 25 heavy (non-hydrogen) atoms. The molecule has 3 aromatic rings. The van der Waals surface area contributed by atoms with Crippen LogP contribution in [0.3, 0.4) is 0 Å². The Balaban J connectivity index is 2.04. The molecule has 2 N–H and O–H groups in total. The molecule has 0 saturated heterocycles. The molecule has 1 amide bonds. The Labute approximate surface area is 140 Å². The van der Waals surface area contributed by atoms with E-state index in [2.05, 4.69) is 4.98 Å². The third kappa shape index (κ3) is 3.34. The number of rotatable bonds is 3. The molecule has 0 bridgehead atoms. The second-order valence-electron chi connectivity index (χ2n) is 5.65. The van der Waals surface area contributed by atoms with Gasteiger partial charge in [0.25, 0.3) is 5.91 Å². The number of carbonyl (C=O) groups excluding carboxylic acids is 1. The Morgan fingerprint density at radius 3 is 2.48 bits per heavy atom. The zero-order chi connectivity index (χ0) is 18.2. The Kier molecular flexibility index (Phi) is 4.22. The summed E-state index contributed by atoms with van der Waals surface area (Å²) in [5.41, 5.74) is 3.76. The topological polar surface area (TPSA) is 67.2 Å². The molecule has 0 aliphatic carbocycles. The number of hydrogen-bond acceptors (Lipinski definition) is 3. The lowest BCUT2D eigenvalue weighted by molar-refractivity contribution is -0.146. The summed E-state index contributed by atoms with van der Waals surface area (Å²) < 4.78 is 41.1. The van der Waals surface area contributed by atoms with Crippen molar-refractivity contribution in [3.05, 3.63) is 65.0 Å². The van der Waals surface area contributed by atoms with E-state index in [1.165, 1.54) is 29.7 Å². The molecule has 0 aliphatic rings. The van der Waals surface area contributed by atoms with Gasteiger partial charge in [-0.05, 0) is 42.3 Å². The number of aromatic nitrogens is 2. The van der Waals surface area contributed by atoms with Gasteiger partial charge in [-0.2, -0.15) is 13.2 Å². The van der Waals surface area contributed by atoms with E-state index in [-0.39, 0.29) is 17.6 Å². The summed E-state index contributed by atoms with van der Waals surface area (Å²) in [5.74, 6) is -1.66. The van der Waals surface area contributed by atoms with E-state index in [9.17, 15) is 18.0 Å². The Morgan fingerprint density at radius 1 is 1.20 bits per heavy atom. The van der Waals surface area contributed by atoms with Crippen LogP contribution in [0.5, 0.6) is 0 Å². The molecule has 1 aromatic heterocycles. The van der Waals surface area contributed by atoms with Gasteiger partial charge in [0, 0.05) is 12.1 Å². The van der Waals surface area contributed by atoms with Gasteiger partial charge in [0.05, 0.1) is 11.0 Å². The van der Waals surface area contributed by atoms with Crippen LogP contribution in [0.2, 0.25) is 0 Å². The molecule has 5 nitrogen and oxygen atoms in total. The van der Waals surface area contributed by atoms with E-state index < -0.39 is 17.9 Å². The first-order valence-electron chi connectivity index (χ1n) is 7.37. The largest absolute Gasteiger partial charge is 0.449 e. The smallest absolute Gasteiger partial charge is 0.316 e. The SMILES string of the molecule is Cc1ccc2c(c1)nc(C(F)(F)F)n2Cc1ccc(C(=O)NO)cc1.